The highest BCUT2D eigenvalue weighted by Crippen LogP contribution is 2.37. The van der Waals surface area contributed by atoms with Crippen molar-refractivity contribution < 1.29 is 0 Å². The van der Waals surface area contributed by atoms with Crippen molar-refractivity contribution in [1.82, 2.24) is 0 Å². The average Bonchev–Trinajstić information content (AvgIpc) is 2.61. The predicted molar refractivity (Wildman–Crippen MR) is 62.1 cm³/mol. The highest BCUT2D eigenvalue weighted by molar-refractivity contribution is 5.65. The smallest absolute Gasteiger partial charge is 0.00382 e. The van der Waals surface area contributed by atoms with Crippen LogP contribution in [0.1, 0.15) is 25.0 Å². The molecular formula is C14H16. The van der Waals surface area contributed by atoms with Crippen LogP contribution in [0, 0.1) is 5.41 Å². The summed E-state index contributed by atoms with van der Waals surface area (Å²) < 4.78 is 0. The molecule has 0 heteroatoms. The summed E-state index contributed by atoms with van der Waals surface area (Å²) >= 11 is 0. The van der Waals surface area contributed by atoms with Crippen molar-refractivity contribution in [2.75, 3.05) is 0 Å². The molecule has 1 aromatic rings. The molecule has 0 heterocycles. The van der Waals surface area contributed by atoms with Gasteiger partial charge in [0.05, 0.1) is 0 Å². The lowest BCUT2D eigenvalue weighted by Gasteiger charge is -2.21. The van der Waals surface area contributed by atoms with E-state index >= 15 is 0 Å². The Morgan fingerprint density at radius 3 is 2.64 bits per heavy atom. The molecule has 0 atom stereocenters. The van der Waals surface area contributed by atoms with Gasteiger partial charge in [0.15, 0.2) is 0 Å². The second kappa shape index (κ2) is 3.13. The zero-order valence-electron chi connectivity index (χ0n) is 8.88. The van der Waals surface area contributed by atoms with Gasteiger partial charge in [-0.2, -0.15) is 0 Å². The van der Waals surface area contributed by atoms with Gasteiger partial charge < -0.3 is 0 Å². The normalized spacial score (nSPS) is 14.9. The fraction of sp³-hybridized carbons (Fsp3) is 0.286. The van der Waals surface area contributed by atoms with Crippen LogP contribution in [0.3, 0.4) is 0 Å². The molecule has 72 valence electrons. The molecule has 2 rings (SSSR count). The van der Waals surface area contributed by atoms with Crippen LogP contribution in [-0.2, 0) is 6.42 Å². The summed E-state index contributed by atoms with van der Waals surface area (Å²) in [5, 5.41) is 0. The molecule has 0 saturated carbocycles. The Kier molecular flexibility index (Phi) is 2.07. The topological polar surface area (TPSA) is 0 Å². The van der Waals surface area contributed by atoms with Crippen LogP contribution in [0.15, 0.2) is 42.5 Å². The van der Waals surface area contributed by atoms with Crippen LogP contribution in [0.4, 0.5) is 0 Å². The summed E-state index contributed by atoms with van der Waals surface area (Å²) in [5.41, 5.74) is 4.41. The third-order valence-corrected chi connectivity index (χ3v) is 3.10. The highest BCUT2D eigenvalue weighted by atomic mass is 14.3. The minimum Gasteiger partial charge on any atom is -0.102 e. The van der Waals surface area contributed by atoms with Crippen LogP contribution >= 0.6 is 0 Å². The van der Waals surface area contributed by atoms with Gasteiger partial charge in [-0.3, -0.25) is 0 Å². The van der Waals surface area contributed by atoms with Crippen molar-refractivity contribution in [3.8, 4) is 0 Å². The molecule has 0 amide bonds. The number of fused-ring (bicyclic) bond motifs is 1. The highest BCUT2D eigenvalue weighted by Gasteiger charge is 2.23. The van der Waals surface area contributed by atoms with Crippen LogP contribution in [0.2, 0.25) is 0 Å². The first-order chi connectivity index (χ1) is 6.63. The molecule has 0 unspecified atom stereocenters. The summed E-state index contributed by atoms with van der Waals surface area (Å²) in [4.78, 5) is 0. The van der Waals surface area contributed by atoms with Gasteiger partial charge in [-0.25, -0.2) is 0 Å². The van der Waals surface area contributed by atoms with E-state index in [1.165, 1.54) is 16.7 Å². The van der Waals surface area contributed by atoms with Crippen LogP contribution in [0.5, 0.6) is 0 Å². The van der Waals surface area contributed by atoms with Crippen molar-refractivity contribution in [3.63, 3.8) is 0 Å². The van der Waals surface area contributed by atoms with Gasteiger partial charge in [-0.05, 0) is 17.5 Å². The van der Waals surface area contributed by atoms with Gasteiger partial charge in [0.2, 0.25) is 0 Å². The quantitative estimate of drug-likeness (QED) is 0.613. The van der Waals surface area contributed by atoms with Crippen molar-refractivity contribution in [3.05, 3.63) is 53.6 Å². The standard InChI is InChI=1S/C14H16/c1-4-14(2,3)13-9-11-7-5-6-8-12(11)10-13/h4-9H,1,10H2,2-3H3. The first-order valence-corrected chi connectivity index (χ1v) is 5.06. The summed E-state index contributed by atoms with van der Waals surface area (Å²) in [6.45, 7) is 8.34. The first kappa shape index (κ1) is 9.26. The van der Waals surface area contributed by atoms with Gasteiger partial charge >= 0.3 is 0 Å². The SMILES string of the molecule is C=CC(C)(C)C1=Cc2ccccc2C1. The van der Waals surface area contributed by atoms with Crippen LogP contribution < -0.4 is 0 Å². The first-order valence-electron chi connectivity index (χ1n) is 5.06. The van der Waals surface area contributed by atoms with E-state index < -0.39 is 0 Å². The summed E-state index contributed by atoms with van der Waals surface area (Å²) in [7, 11) is 0. The average molecular weight is 184 g/mol. The Morgan fingerprint density at radius 1 is 1.29 bits per heavy atom. The van der Waals surface area contributed by atoms with Gasteiger partial charge in [0.1, 0.15) is 0 Å². The predicted octanol–water partition coefficient (Wildman–Crippen LogP) is 3.84. The van der Waals surface area contributed by atoms with E-state index in [0.29, 0.717) is 0 Å². The molecule has 0 radical (unpaired) electrons. The third-order valence-electron chi connectivity index (χ3n) is 3.10. The summed E-state index contributed by atoms with van der Waals surface area (Å²) in [6.07, 6.45) is 5.41. The Balaban J connectivity index is 2.36. The number of allylic oxidation sites excluding steroid dienone is 2. The van der Waals surface area contributed by atoms with Crippen molar-refractivity contribution in [2.45, 2.75) is 20.3 Å². The zero-order chi connectivity index (χ0) is 10.2. The molecule has 0 fully saturated rings. The molecule has 1 aliphatic rings. The maximum atomic E-state index is 3.90. The van der Waals surface area contributed by atoms with Crippen LogP contribution in [0.25, 0.3) is 6.08 Å². The number of rotatable bonds is 2. The molecule has 0 saturated heterocycles. The fourth-order valence-electron chi connectivity index (χ4n) is 1.82. The van der Waals surface area contributed by atoms with Crippen LogP contribution in [-0.4, -0.2) is 0 Å². The lowest BCUT2D eigenvalue weighted by Crippen LogP contribution is -2.10. The molecule has 0 N–H and O–H groups in total. The van der Waals surface area contributed by atoms with Gasteiger partial charge in [-0.1, -0.05) is 55.8 Å². The van der Waals surface area contributed by atoms with E-state index in [9.17, 15) is 0 Å². The van der Waals surface area contributed by atoms with Crippen molar-refractivity contribution >= 4 is 6.08 Å². The Labute approximate surface area is 86.0 Å². The van der Waals surface area contributed by atoms with Gasteiger partial charge in [0, 0.05) is 5.41 Å². The molecule has 1 aliphatic carbocycles. The maximum Gasteiger partial charge on any atom is 0.00382 e. The largest absolute Gasteiger partial charge is 0.102 e. The van der Waals surface area contributed by atoms with E-state index in [-0.39, 0.29) is 5.41 Å². The lowest BCUT2D eigenvalue weighted by atomic mass is 9.83. The van der Waals surface area contributed by atoms with Crippen molar-refractivity contribution in [1.29, 1.82) is 0 Å². The Hall–Kier alpha value is -1.30. The van der Waals surface area contributed by atoms with Crippen molar-refractivity contribution in [2.24, 2.45) is 5.41 Å². The molecular weight excluding hydrogens is 168 g/mol. The molecule has 14 heavy (non-hydrogen) atoms. The molecule has 0 aliphatic heterocycles. The fourth-order valence-corrected chi connectivity index (χ4v) is 1.82. The summed E-state index contributed by atoms with van der Waals surface area (Å²) in [6, 6.07) is 8.59. The third kappa shape index (κ3) is 1.41. The second-order valence-corrected chi connectivity index (χ2v) is 4.47. The van der Waals surface area contributed by atoms with E-state index in [1.807, 2.05) is 6.08 Å². The number of hydrogen-bond acceptors (Lipinski definition) is 0. The molecule has 0 spiro atoms. The molecule has 1 aromatic carbocycles. The Bertz CT molecular complexity index is 394. The number of hydrogen-bond donors (Lipinski definition) is 0. The molecule has 0 aromatic heterocycles. The van der Waals surface area contributed by atoms with Gasteiger partial charge in [-0.15, -0.1) is 6.58 Å². The van der Waals surface area contributed by atoms with E-state index in [0.717, 1.165) is 6.42 Å². The molecule has 0 nitrogen and oxygen atoms in total. The lowest BCUT2D eigenvalue weighted by molar-refractivity contribution is 0.574. The Morgan fingerprint density at radius 2 is 2.00 bits per heavy atom. The van der Waals surface area contributed by atoms with E-state index in [2.05, 4.69) is 50.8 Å². The number of benzene rings is 1. The monoisotopic (exact) mass is 184 g/mol. The van der Waals surface area contributed by atoms with E-state index in [4.69, 9.17) is 0 Å². The summed E-state index contributed by atoms with van der Waals surface area (Å²) in [5.74, 6) is 0. The van der Waals surface area contributed by atoms with Gasteiger partial charge in [0.25, 0.3) is 0 Å². The zero-order valence-corrected chi connectivity index (χ0v) is 8.88. The second-order valence-electron chi connectivity index (χ2n) is 4.47. The van der Waals surface area contributed by atoms with E-state index in [1.54, 1.807) is 0 Å². The minimum atomic E-state index is 0.124. The minimum absolute atomic E-state index is 0.124. The maximum absolute atomic E-state index is 3.90. The molecule has 0 bridgehead atoms.